The summed E-state index contributed by atoms with van der Waals surface area (Å²) >= 11 is 4.68. The van der Waals surface area contributed by atoms with Gasteiger partial charge < -0.3 is 10.6 Å². The van der Waals surface area contributed by atoms with Crippen LogP contribution in [0.3, 0.4) is 0 Å². The van der Waals surface area contributed by atoms with E-state index in [1.165, 1.54) is 11.3 Å². The third-order valence-electron chi connectivity index (χ3n) is 4.78. The molecule has 0 bridgehead atoms. The molecule has 3 N–H and O–H groups in total. The Hall–Kier alpha value is -3.29. The SMILES string of the molecule is CCC(C)C(NC(=O)Nc1ccc(C#N)cc1)C(=O)Nc1nnc(-c2cccc(Br)c2)s1. The van der Waals surface area contributed by atoms with Crippen molar-refractivity contribution < 1.29 is 9.59 Å². The van der Waals surface area contributed by atoms with Crippen molar-refractivity contribution in [3.8, 4) is 16.6 Å². The fraction of sp³-hybridized carbons (Fsp3) is 0.227. The lowest BCUT2D eigenvalue weighted by molar-refractivity contribution is -0.119. The molecule has 0 aliphatic heterocycles. The molecule has 2 unspecified atom stereocenters. The van der Waals surface area contributed by atoms with Crippen LogP contribution in [0.4, 0.5) is 15.6 Å². The number of amides is 3. The van der Waals surface area contributed by atoms with Gasteiger partial charge in [0, 0.05) is 15.7 Å². The Balaban J connectivity index is 1.67. The first-order valence-electron chi connectivity index (χ1n) is 9.87. The van der Waals surface area contributed by atoms with Crippen molar-refractivity contribution in [2.24, 2.45) is 5.92 Å². The standard InChI is InChI=1S/C22H21BrN6O2S/c1-3-13(2)18(26-21(31)25-17-9-7-14(12-24)8-10-17)19(30)27-22-29-28-20(32-22)15-5-4-6-16(23)11-15/h4-11,13,18H,3H2,1-2H3,(H2,25,26,31)(H,27,29,30). The number of hydrogen-bond acceptors (Lipinski definition) is 6. The van der Waals surface area contributed by atoms with Crippen molar-refractivity contribution in [2.45, 2.75) is 26.3 Å². The van der Waals surface area contributed by atoms with Crippen LogP contribution in [0.25, 0.3) is 10.6 Å². The molecular weight excluding hydrogens is 492 g/mol. The Morgan fingerprint density at radius 2 is 1.91 bits per heavy atom. The second-order valence-electron chi connectivity index (χ2n) is 7.06. The van der Waals surface area contributed by atoms with E-state index in [1.54, 1.807) is 24.3 Å². The van der Waals surface area contributed by atoms with Gasteiger partial charge in [-0.15, -0.1) is 10.2 Å². The zero-order valence-corrected chi connectivity index (χ0v) is 19.8. The smallest absolute Gasteiger partial charge is 0.319 e. The van der Waals surface area contributed by atoms with Crippen molar-refractivity contribution in [3.63, 3.8) is 0 Å². The number of halogens is 1. The molecule has 3 rings (SSSR count). The highest BCUT2D eigenvalue weighted by Gasteiger charge is 2.27. The van der Waals surface area contributed by atoms with Crippen molar-refractivity contribution in [1.29, 1.82) is 5.26 Å². The summed E-state index contributed by atoms with van der Waals surface area (Å²) in [6, 6.07) is 14.8. The molecule has 0 saturated carbocycles. The number of carbonyl (C=O) groups is 2. The third-order valence-corrected chi connectivity index (χ3v) is 6.16. The lowest BCUT2D eigenvalue weighted by Gasteiger charge is -2.23. The lowest BCUT2D eigenvalue weighted by atomic mass is 9.98. The summed E-state index contributed by atoms with van der Waals surface area (Å²) in [7, 11) is 0. The number of benzene rings is 2. The summed E-state index contributed by atoms with van der Waals surface area (Å²) in [4.78, 5) is 25.4. The Morgan fingerprint density at radius 1 is 1.16 bits per heavy atom. The Morgan fingerprint density at radius 3 is 2.56 bits per heavy atom. The number of hydrogen-bond donors (Lipinski definition) is 3. The number of rotatable bonds is 7. The lowest BCUT2D eigenvalue weighted by Crippen LogP contribution is -2.49. The summed E-state index contributed by atoms with van der Waals surface area (Å²) in [5.41, 5.74) is 1.90. The maximum absolute atomic E-state index is 12.9. The van der Waals surface area contributed by atoms with Gasteiger partial charge in [0.2, 0.25) is 11.0 Å². The number of aromatic nitrogens is 2. The average molecular weight is 513 g/mol. The van der Waals surface area contributed by atoms with E-state index < -0.39 is 12.1 Å². The molecule has 164 valence electrons. The minimum absolute atomic E-state index is 0.112. The molecule has 0 aliphatic carbocycles. The van der Waals surface area contributed by atoms with Crippen LogP contribution in [0.2, 0.25) is 0 Å². The third kappa shape index (κ3) is 6.12. The fourth-order valence-corrected chi connectivity index (χ4v) is 3.98. The summed E-state index contributed by atoms with van der Waals surface area (Å²) < 4.78 is 0.921. The van der Waals surface area contributed by atoms with Crippen molar-refractivity contribution in [1.82, 2.24) is 15.5 Å². The van der Waals surface area contributed by atoms with Gasteiger partial charge in [-0.2, -0.15) is 5.26 Å². The van der Waals surface area contributed by atoms with Gasteiger partial charge in [0.05, 0.1) is 11.6 Å². The topological polar surface area (TPSA) is 120 Å². The van der Waals surface area contributed by atoms with Gasteiger partial charge in [-0.1, -0.05) is 59.7 Å². The largest absolute Gasteiger partial charge is 0.326 e. The minimum atomic E-state index is -0.767. The van der Waals surface area contributed by atoms with E-state index >= 15 is 0 Å². The van der Waals surface area contributed by atoms with E-state index in [9.17, 15) is 9.59 Å². The molecule has 0 radical (unpaired) electrons. The van der Waals surface area contributed by atoms with Gasteiger partial charge in [0.1, 0.15) is 11.0 Å². The molecule has 1 heterocycles. The molecular formula is C22H21BrN6O2S. The van der Waals surface area contributed by atoms with E-state index in [2.05, 4.69) is 42.1 Å². The highest BCUT2D eigenvalue weighted by Crippen LogP contribution is 2.28. The predicted molar refractivity (Wildman–Crippen MR) is 128 cm³/mol. The van der Waals surface area contributed by atoms with Gasteiger partial charge >= 0.3 is 6.03 Å². The van der Waals surface area contributed by atoms with Crippen LogP contribution in [-0.2, 0) is 4.79 Å². The molecule has 0 fully saturated rings. The van der Waals surface area contributed by atoms with Crippen LogP contribution in [0.15, 0.2) is 53.0 Å². The van der Waals surface area contributed by atoms with Gasteiger partial charge in [-0.25, -0.2) is 4.79 Å². The van der Waals surface area contributed by atoms with Crippen LogP contribution in [0.5, 0.6) is 0 Å². The Bertz CT molecular complexity index is 1140. The number of nitriles is 1. The van der Waals surface area contributed by atoms with Crippen molar-refractivity contribution in [2.75, 3.05) is 10.6 Å². The maximum Gasteiger partial charge on any atom is 0.319 e. The number of nitrogens with zero attached hydrogens (tertiary/aromatic N) is 3. The number of nitrogens with one attached hydrogen (secondary N) is 3. The van der Waals surface area contributed by atoms with Crippen LogP contribution >= 0.6 is 27.3 Å². The summed E-state index contributed by atoms with van der Waals surface area (Å²) in [6.45, 7) is 3.83. The van der Waals surface area contributed by atoms with Gasteiger partial charge in [0.25, 0.3) is 0 Å². The number of urea groups is 1. The van der Waals surface area contributed by atoms with Crippen LogP contribution in [0, 0.1) is 17.2 Å². The molecule has 32 heavy (non-hydrogen) atoms. The second-order valence-corrected chi connectivity index (χ2v) is 8.96. The molecule has 0 aliphatic rings. The highest BCUT2D eigenvalue weighted by atomic mass is 79.9. The van der Waals surface area contributed by atoms with Crippen LogP contribution in [-0.4, -0.2) is 28.2 Å². The maximum atomic E-state index is 12.9. The van der Waals surface area contributed by atoms with Gasteiger partial charge in [0.15, 0.2) is 0 Å². The Kier molecular flexibility index (Phi) is 7.92. The molecule has 8 nitrogen and oxygen atoms in total. The number of carbonyl (C=O) groups excluding carboxylic acids is 2. The van der Waals surface area contributed by atoms with E-state index in [0.29, 0.717) is 27.8 Å². The molecule has 3 aromatic rings. The average Bonchev–Trinajstić information content (AvgIpc) is 3.26. The summed E-state index contributed by atoms with van der Waals surface area (Å²) in [5, 5.41) is 26.3. The number of anilines is 2. The van der Waals surface area contributed by atoms with Crippen LogP contribution in [0.1, 0.15) is 25.8 Å². The van der Waals surface area contributed by atoms with Gasteiger partial charge in [-0.3, -0.25) is 10.1 Å². The van der Waals surface area contributed by atoms with Crippen molar-refractivity contribution >= 4 is 50.0 Å². The zero-order valence-electron chi connectivity index (χ0n) is 17.4. The normalized spacial score (nSPS) is 12.3. The molecule has 2 aromatic carbocycles. The van der Waals surface area contributed by atoms with E-state index in [1.807, 2.05) is 44.2 Å². The first-order chi connectivity index (χ1) is 15.4. The molecule has 2 atom stereocenters. The van der Waals surface area contributed by atoms with Gasteiger partial charge in [-0.05, 0) is 42.3 Å². The second kappa shape index (κ2) is 10.8. The van der Waals surface area contributed by atoms with Crippen LogP contribution < -0.4 is 16.0 Å². The quantitative estimate of drug-likeness (QED) is 0.410. The Labute approximate surface area is 198 Å². The first kappa shape index (κ1) is 23.4. The van der Waals surface area contributed by atoms with E-state index in [4.69, 9.17) is 5.26 Å². The zero-order chi connectivity index (χ0) is 23.1. The predicted octanol–water partition coefficient (Wildman–Crippen LogP) is 5.01. The molecule has 0 saturated heterocycles. The van der Waals surface area contributed by atoms with E-state index in [0.717, 1.165) is 10.0 Å². The monoisotopic (exact) mass is 512 g/mol. The highest BCUT2D eigenvalue weighted by molar-refractivity contribution is 9.10. The first-order valence-corrected chi connectivity index (χ1v) is 11.5. The summed E-state index contributed by atoms with van der Waals surface area (Å²) in [6.07, 6.45) is 0.689. The van der Waals surface area contributed by atoms with Crippen molar-refractivity contribution in [3.05, 3.63) is 58.6 Å². The minimum Gasteiger partial charge on any atom is -0.326 e. The summed E-state index contributed by atoms with van der Waals surface area (Å²) in [5.74, 6) is -0.481. The molecule has 3 amide bonds. The van der Waals surface area contributed by atoms with E-state index in [-0.39, 0.29) is 11.8 Å². The molecule has 1 aromatic heterocycles. The molecule has 0 spiro atoms. The molecule has 10 heteroatoms. The fourth-order valence-electron chi connectivity index (χ4n) is 2.83.